The molecule has 1 aliphatic rings. The molecule has 1 aromatic heterocycles. The van der Waals surface area contributed by atoms with Crippen LogP contribution in [0.3, 0.4) is 0 Å². The molecule has 1 aliphatic heterocycles. The Morgan fingerprint density at radius 3 is 2.39 bits per heavy atom. The Morgan fingerprint density at radius 1 is 0.667 bits per heavy atom. The van der Waals surface area contributed by atoms with Crippen LogP contribution < -0.4 is 0 Å². The van der Waals surface area contributed by atoms with Crippen LogP contribution in [-0.2, 0) is 0 Å². The Labute approximate surface area is 107 Å². The van der Waals surface area contributed by atoms with E-state index in [1.807, 2.05) is 11.8 Å². The Morgan fingerprint density at radius 2 is 1.44 bits per heavy atom. The number of hydrogen-bond donors (Lipinski definition) is 0. The summed E-state index contributed by atoms with van der Waals surface area (Å²) < 4.78 is 5.96. The van der Waals surface area contributed by atoms with E-state index in [2.05, 4.69) is 48.5 Å². The van der Waals surface area contributed by atoms with Gasteiger partial charge in [-0.3, -0.25) is 0 Å². The molecule has 0 saturated carbocycles. The fraction of sp³-hybridized carbons (Fsp3) is 0. The molecule has 0 amide bonds. The summed E-state index contributed by atoms with van der Waals surface area (Å²) in [5.41, 5.74) is 2.00. The highest BCUT2D eigenvalue weighted by Gasteiger charge is 2.20. The maximum Gasteiger partial charge on any atom is 0.136 e. The predicted octanol–water partition coefficient (Wildman–Crippen LogP) is 5.20. The third-order valence-corrected chi connectivity index (χ3v) is 4.77. The molecule has 18 heavy (non-hydrogen) atoms. The second kappa shape index (κ2) is 2.90. The third kappa shape index (κ3) is 0.922. The zero-order chi connectivity index (χ0) is 11.7. The van der Waals surface area contributed by atoms with E-state index in [1.54, 1.807) is 0 Å². The lowest BCUT2D eigenvalue weighted by molar-refractivity contribution is 0.669. The number of furan rings is 1. The Bertz CT molecular complexity index is 943. The van der Waals surface area contributed by atoms with Gasteiger partial charge in [0.2, 0.25) is 0 Å². The highest BCUT2D eigenvalue weighted by molar-refractivity contribution is 8.00. The first-order chi connectivity index (χ1) is 8.92. The van der Waals surface area contributed by atoms with Crippen molar-refractivity contribution in [3.63, 3.8) is 0 Å². The van der Waals surface area contributed by atoms with Gasteiger partial charge in [-0.25, -0.2) is 0 Å². The van der Waals surface area contributed by atoms with Crippen molar-refractivity contribution in [3.05, 3.63) is 48.5 Å². The first-order valence-corrected chi connectivity index (χ1v) is 6.78. The highest BCUT2D eigenvalue weighted by Crippen LogP contribution is 2.48. The average molecular weight is 248 g/mol. The summed E-state index contributed by atoms with van der Waals surface area (Å²) in [5.74, 6) is 0. The van der Waals surface area contributed by atoms with Crippen LogP contribution >= 0.6 is 11.8 Å². The molecule has 0 bridgehead atoms. The fourth-order valence-electron chi connectivity index (χ4n) is 2.91. The van der Waals surface area contributed by atoms with E-state index in [0.29, 0.717) is 0 Å². The number of benzene rings is 3. The topological polar surface area (TPSA) is 13.1 Å². The van der Waals surface area contributed by atoms with Gasteiger partial charge in [0.15, 0.2) is 0 Å². The zero-order valence-electron chi connectivity index (χ0n) is 9.44. The molecule has 3 aromatic carbocycles. The quantitative estimate of drug-likeness (QED) is 0.373. The lowest BCUT2D eigenvalue weighted by atomic mass is 10.0. The van der Waals surface area contributed by atoms with Gasteiger partial charge in [0, 0.05) is 25.9 Å². The van der Waals surface area contributed by atoms with Crippen LogP contribution in [0.1, 0.15) is 0 Å². The molecule has 0 N–H and O–H groups in total. The molecule has 4 aromatic rings. The third-order valence-electron chi connectivity index (χ3n) is 3.65. The van der Waals surface area contributed by atoms with Gasteiger partial charge in [0.1, 0.15) is 11.2 Å². The molecule has 0 atom stereocenters. The predicted molar refractivity (Wildman–Crippen MR) is 75.3 cm³/mol. The van der Waals surface area contributed by atoms with Crippen LogP contribution in [0.2, 0.25) is 0 Å². The van der Waals surface area contributed by atoms with Gasteiger partial charge in [-0.2, -0.15) is 0 Å². The minimum Gasteiger partial charge on any atom is -0.456 e. The minimum absolute atomic E-state index is 0.997. The lowest BCUT2D eigenvalue weighted by Gasteiger charge is -2.13. The van der Waals surface area contributed by atoms with Crippen LogP contribution in [0.25, 0.3) is 32.7 Å². The van der Waals surface area contributed by atoms with Crippen molar-refractivity contribution in [1.82, 2.24) is 0 Å². The van der Waals surface area contributed by atoms with Crippen molar-refractivity contribution in [3.8, 4) is 0 Å². The first-order valence-electron chi connectivity index (χ1n) is 5.97. The summed E-state index contributed by atoms with van der Waals surface area (Å²) in [6.45, 7) is 0. The fourth-order valence-corrected chi connectivity index (χ4v) is 4.07. The average Bonchev–Trinajstić information content (AvgIpc) is 2.79. The van der Waals surface area contributed by atoms with Gasteiger partial charge in [-0.1, -0.05) is 36.0 Å². The molecule has 0 aliphatic carbocycles. The van der Waals surface area contributed by atoms with Gasteiger partial charge in [0.25, 0.3) is 0 Å². The number of hydrogen-bond acceptors (Lipinski definition) is 2. The molecule has 84 valence electrons. The maximum absolute atomic E-state index is 5.96. The molecule has 2 heteroatoms. The van der Waals surface area contributed by atoms with Gasteiger partial charge in [-0.15, -0.1) is 0 Å². The molecular formula is C16H8OS. The van der Waals surface area contributed by atoms with Crippen LogP contribution in [0.4, 0.5) is 0 Å². The molecule has 2 heterocycles. The molecule has 0 unspecified atom stereocenters. The highest BCUT2D eigenvalue weighted by atomic mass is 32.2. The van der Waals surface area contributed by atoms with Gasteiger partial charge in [-0.05, 0) is 29.7 Å². The van der Waals surface area contributed by atoms with Crippen molar-refractivity contribution in [2.75, 3.05) is 0 Å². The van der Waals surface area contributed by atoms with Crippen molar-refractivity contribution >= 4 is 44.5 Å². The van der Waals surface area contributed by atoms with E-state index < -0.39 is 0 Å². The second-order valence-corrected chi connectivity index (χ2v) is 5.71. The van der Waals surface area contributed by atoms with Crippen LogP contribution in [-0.4, -0.2) is 0 Å². The Hall–Kier alpha value is -1.93. The van der Waals surface area contributed by atoms with Crippen LogP contribution in [0, 0.1) is 0 Å². The second-order valence-electron chi connectivity index (χ2n) is 4.63. The van der Waals surface area contributed by atoms with E-state index in [9.17, 15) is 0 Å². The molecule has 1 nitrogen and oxygen atoms in total. The summed E-state index contributed by atoms with van der Waals surface area (Å²) >= 11 is 1.84. The van der Waals surface area contributed by atoms with E-state index in [1.165, 1.54) is 31.3 Å². The van der Waals surface area contributed by atoms with Gasteiger partial charge >= 0.3 is 0 Å². The molecule has 5 rings (SSSR count). The molecule has 0 radical (unpaired) electrons. The Kier molecular flexibility index (Phi) is 1.46. The Balaban J connectivity index is 2.27. The van der Waals surface area contributed by atoms with Crippen molar-refractivity contribution < 1.29 is 4.42 Å². The zero-order valence-corrected chi connectivity index (χ0v) is 10.3. The summed E-state index contributed by atoms with van der Waals surface area (Å²) in [6.07, 6.45) is 0. The van der Waals surface area contributed by atoms with E-state index >= 15 is 0 Å². The largest absolute Gasteiger partial charge is 0.456 e. The van der Waals surface area contributed by atoms with Gasteiger partial charge in [0.05, 0.1) is 0 Å². The van der Waals surface area contributed by atoms with Crippen molar-refractivity contribution in [2.24, 2.45) is 0 Å². The first kappa shape index (κ1) is 9.06. The van der Waals surface area contributed by atoms with E-state index in [4.69, 9.17) is 4.42 Å². The van der Waals surface area contributed by atoms with Crippen LogP contribution in [0.5, 0.6) is 0 Å². The van der Waals surface area contributed by atoms with Crippen LogP contribution in [0.15, 0.2) is 62.7 Å². The number of rotatable bonds is 0. The minimum atomic E-state index is 0.997. The molecular weight excluding hydrogens is 240 g/mol. The molecule has 0 fully saturated rings. The SMILES string of the molecule is c1cc2c3c(c1)ccc1oc4cccc(c4c13)S2. The summed E-state index contributed by atoms with van der Waals surface area (Å²) in [6, 6.07) is 17.0. The summed E-state index contributed by atoms with van der Waals surface area (Å²) in [5, 5.41) is 5.21. The standard InChI is InChI=1S/C16H8OS/c1-3-9-7-8-11-16-14(9)12(5-1)18-13-6-2-4-10(17-11)15(13)16/h1-8H. The lowest BCUT2D eigenvalue weighted by Crippen LogP contribution is -1.85. The summed E-state index contributed by atoms with van der Waals surface area (Å²) in [7, 11) is 0. The summed E-state index contributed by atoms with van der Waals surface area (Å²) in [4.78, 5) is 2.64. The van der Waals surface area contributed by atoms with Crippen molar-refractivity contribution in [2.45, 2.75) is 9.79 Å². The molecule has 0 spiro atoms. The monoisotopic (exact) mass is 248 g/mol. The van der Waals surface area contributed by atoms with Crippen molar-refractivity contribution in [1.29, 1.82) is 0 Å². The van der Waals surface area contributed by atoms with E-state index in [-0.39, 0.29) is 0 Å². The maximum atomic E-state index is 5.96. The smallest absolute Gasteiger partial charge is 0.136 e. The van der Waals surface area contributed by atoms with Gasteiger partial charge < -0.3 is 4.42 Å². The molecule has 0 saturated heterocycles. The van der Waals surface area contributed by atoms with E-state index in [0.717, 1.165) is 11.2 Å². The normalized spacial score (nSPS) is 13.3.